The number of benzene rings is 1. The Bertz CT molecular complexity index is 724. The molecular formula is C23H37N5O2. The van der Waals surface area contributed by atoms with Gasteiger partial charge in [0, 0.05) is 37.3 Å². The van der Waals surface area contributed by atoms with E-state index in [1.165, 1.54) is 45.2 Å². The standard InChI is InChI=1S/C23H37N5O2/c1-24-22(26-19-7-8-20-21(17-19)30-16-6-15-29-20)25-18-23(9-13-27(2)14-10-23)28-11-4-3-5-12-28/h7-8,17H,3-6,9-16,18H2,1-2H3,(H2,24,25,26). The summed E-state index contributed by atoms with van der Waals surface area (Å²) in [6.45, 7) is 7.08. The number of hydrogen-bond acceptors (Lipinski definition) is 5. The minimum Gasteiger partial charge on any atom is -0.490 e. The van der Waals surface area contributed by atoms with Crippen molar-refractivity contribution in [1.82, 2.24) is 15.1 Å². The van der Waals surface area contributed by atoms with Crippen LogP contribution in [0.4, 0.5) is 5.69 Å². The number of hydrogen-bond donors (Lipinski definition) is 2. The lowest BCUT2D eigenvalue weighted by Crippen LogP contribution is -2.61. The van der Waals surface area contributed by atoms with E-state index in [-0.39, 0.29) is 5.54 Å². The highest BCUT2D eigenvalue weighted by atomic mass is 16.5. The second kappa shape index (κ2) is 9.88. The van der Waals surface area contributed by atoms with Crippen LogP contribution in [0, 0.1) is 0 Å². The van der Waals surface area contributed by atoms with Crippen molar-refractivity contribution in [3.8, 4) is 11.5 Å². The van der Waals surface area contributed by atoms with Gasteiger partial charge in [-0.25, -0.2) is 0 Å². The van der Waals surface area contributed by atoms with E-state index in [0.29, 0.717) is 13.2 Å². The normalized spacial score (nSPS) is 22.9. The number of fused-ring (bicyclic) bond motifs is 1. The molecule has 2 fully saturated rings. The molecule has 0 aliphatic carbocycles. The van der Waals surface area contributed by atoms with Gasteiger partial charge >= 0.3 is 0 Å². The molecule has 0 amide bonds. The van der Waals surface area contributed by atoms with E-state index >= 15 is 0 Å². The number of aliphatic imine (C=N–C) groups is 1. The zero-order valence-electron chi connectivity index (χ0n) is 18.6. The topological polar surface area (TPSA) is 61.4 Å². The number of ether oxygens (including phenoxy) is 2. The molecule has 7 heteroatoms. The largest absolute Gasteiger partial charge is 0.490 e. The van der Waals surface area contributed by atoms with Crippen LogP contribution in [0.25, 0.3) is 0 Å². The van der Waals surface area contributed by atoms with Crippen molar-refractivity contribution in [1.29, 1.82) is 0 Å². The van der Waals surface area contributed by atoms with Gasteiger partial charge in [0.1, 0.15) is 0 Å². The highest BCUT2D eigenvalue weighted by Crippen LogP contribution is 2.33. The molecule has 2 saturated heterocycles. The fraction of sp³-hybridized carbons (Fsp3) is 0.696. The minimum absolute atomic E-state index is 0.218. The summed E-state index contributed by atoms with van der Waals surface area (Å²) in [4.78, 5) is 9.68. The fourth-order valence-corrected chi connectivity index (χ4v) is 4.81. The highest BCUT2D eigenvalue weighted by molar-refractivity contribution is 5.93. The molecule has 30 heavy (non-hydrogen) atoms. The first kappa shape index (κ1) is 21.2. The molecule has 0 aromatic heterocycles. The summed E-state index contributed by atoms with van der Waals surface area (Å²) in [5.74, 6) is 2.42. The van der Waals surface area contributed by atoms with Crippen LogP contribution in [0.5, 0.6) is 11.5 Å². The molecule has 0 unspecified atom stereocenters. The Balaban J connectivity index is 1.41. The van der Waals surface area contributed by atoms with Crippen LogP contribution in [0.15, 0.2) is 23.2 Å². The lowest BCUT2D eigenvalue weighted by Gasteiger charge is -2.50. The lowest BCUT2D eigenvalue weighted by atomic mass is 9.84. The monoisotopic (exact) mass is 415 g/mol. The van der Waals surface area contributed by atoms with E-state index in [2.05, 4.69) is 32.5 Å². The zero-order valence-corrected chi connectivity index (χ0v) is 18.6. The number of anilines is 1. The van der Waals surface area contributed by atoms with E-state index in [4.69, 9.17) is 9.47 Å². The average Bonchev–Trinajstić information content (AvgIpc) is 3.03. The fourth-order valence-electron chi connectivity index (χ4n) is 4.81. The van der Waals surface area contributed by atoms with Crippen LogP contribution in [0.2, 0.25) is 0 Å². The predicted octanol–water partition coefficient (Wildman–Crippen LogP) is 2.79. The summed E-state index contributed by atoms with van der Waals surface area (Å²) in [5, 5.41) is 7.08. The smallest absolute Gasteiger partial charge is 0.195 e. The summed E-state index contributed by atoms with van der Waals surface area (Å²) in [6, 6.07) is 6.00. The first-order valence-corrected chi connectivity index (χ1v) is 11.5. The van der Waals surface area contributed by atoms with Gasteiger partial charge in [-0.2, -0.15) is 0 Å². The minimum atomic E-state index is 0.218. The molecule has 4 rings (SSSR count). The van der Waals surface area contributed by atoms with Crippen LogP contribution < -0.4 is 20.1 Å². The second-order valence-corrected chi connectivity index (χ2v) is 8.84. The molecule has 1 aromatic rings. The summed E-state index contributed by atoms with van der Waals surface area (Å²) < 4.78 is 11.6. The van der Waals surface area contributed by atoms with Gasteiger partial charge in [0.2, 0.25) is 0 Å². The number of rotatable bonds is 4. The molecule has 0 atom stereocenters. The SMILES string of the molecule is CN=C(NCC1(N2CCCCC2)CCN(C)CC1)Nc1ccc2c(c1)OCCCO2. The van der Waals surface area contributed by atoms with Gasteiger partial charge in [0.25, 0.3) is 0 Å². The first-order valence-electron chi connectivity index (χ1n) is 11.5. The zero-order chi connectivity index (χ0) is 20.8. The number of guanidine groups is 1. The Hall–Kier alpha value is -1.99. The van der Waals surface area contributed by atoms with Gasteiger partial charge in [-0.15, -0.1) is 0 Å². The Morgan fingerprint density at radius 1 is 1.00 bits per heavy atom. The van der Waals surface area contributed by atoms with Gasteiger partial charge in [-0.1, -0.05) is 6.42 Å². The van der Waals surface area contributed by atoms with E-state index in [1.807, 2.05) is 25.2 Å². The van der Waals surface area contributed by atoms with Gasteiger partial charge < -0.3 is 25.0 Å². The Morgan fingerprint density at radius 2 is 1.73 bits per heavy atom. The van der Waals surface area contributed by atoms with Crippen molar-refractivity contribution >= 4 is 11.6 Å². The third-order valence-corrected chi connectivity index (χ3v) is 6.76. The second-order valence-electron chi connectivity index (χ2n) is 8.84. The van der Waals surface area contributed by atoms with Crippen molar-refractivity contribution in [3.05, 3.63) is 18.2 Å². The number of piperidine rings is 2. The van der Waals surface area contributed by atoms with Crippen molar-refractivity contribution in [2.75, 3.05) is 65.3 Å². The molecule has 0 radical (unpaired) electrons. The Labute approximate surface area is 180 Å². The van der Waals surface area contributed by atoms with E-state index in [1.54, 1.807) is 0 Å². The van der Waals surface area contributed by atoms with Crippen LogP contribution in [0.1, 0.15) is 38.5 Å². The van der Waals surface area contributed by atoms with E-state index in [9.17, 15) is 0 Å². The predicted molar refractivity (Wildman–Crippen MR) is 122 cm³/mol. The van der Waals surface area contributed by atoms with Crippen LogP contribution in [0.3, 0.4) is 0 Å². The highest BCUT2D eigenvalue weighted by Gasteiger charge is 2.39. The third kappa shape index (κ3) is 5.01. The van der Waals surface area contributed by atoms with Crippen LogP contribution in [-0.4, -0.2) is 81.3 Å². The molecule has 1 aromatic carbocycles. The number of nitrogens with zero attached hydrogens (tertiary/aromatic N) is 3. The average molecular weight is 416 g/mol. The third-order valence-electron chi connectivity index (χ3n) is 6.76. The van der Waals surface area contributed by atoms with Crippen molar-refractivity contribution in [2.45, 2.75) is 44.1 Å². The molecule has 7 nitrogen and oxygen atoms in total. The van der Waals surface area contributed by atoms with Crippen LogP contribution in [-0.2, 0) is 0 Å². The van der Waals surface area contributed by atoms with Gasteiger partial charge in [-0.3, -0.25) is 9.89 Å². The van der Waals surface area contributed by atoms with Gasteiger partial charge in [-0.05, 0) is 71.0 Å². The molecule has 0 bridgehead atoms. The molecule has 0 saturated carbocycles. The summed E-state index contributed by atoms with van der Waals surface area (Å²) in [5.41, 5.74) is 1.18. The van der Waals surface area contributed by atoms with Gasteiger partial charge in [0.15, 0.2) is 17.5 Å². The lowest BCUT2D eigenvalue weighted by molar-refractivity contribution is 0.0174. The molecular weight excluding hydrogens is 378 g/mol. The van der Waals surface area contributed by atoms with E-state index < -0.39 is 0 Å². The maximum atomic E-state index is 5.83. The van der Waals surface area contributed by atoms with Crippen molar-refractivity contribution in [2.24, 2.45) is 4.99 Å². The Kier molecular flexibility index (Phi) is 7.00. The quantitative estimate of drug-likeness (QED) is 0.583. The molecule has 2 N–H and O–H groups in total. The number of likely N-dealkylation sites (tertiary alicyclic amines) is 2. The van der Waals surface area contributed by atoms with Crippen molar-refractivity contribution < 1.29 is 9.47 Å². The summed E-state index contributed by atoms with van der Waals surface area (Å²) in [6.07, 6.45) is 7.33. The maximum absolute atomic E-state index is 5.83. The van der Waals surface area contributed by atoms with E-state index in [0.717, 1.165) is 49.2 Å². The van der Waals surface area contributed by atoms with Gasteiger partial charge in [0.05, 0.1) is 13.2 Å². The first-order chi connectivity index (χ1) is 14.7. The summed E-state index contributed by atoms with van der Waals surface area (Å²) in [7, 11) is 4.07. The Morgan fingerprint density at radius 3 is 2.47 bits per heavy atom. The molecule has 166 valence electrons. The maximum Gasteiger partial charge on any atom is 0.195 e. The van der Waals surface area contributed by atoms with Crippen LogP contribution >= 0.6 is 0 Å². The van der Waals surface area contributed by atoms with Crippen molar-refractivity contribution in [3.63, 3.8) is 0 Å². The number of nitrogens with one attached hydrogen (secondary N) is 2. The molecule has 3 heterocycles. The molecule has 3 aliphatic heterocycles. The summed E-state index contributed by atoms with van der Waals surface area (Å²) >= 11 is 0. The molecule has 3 aliphatic rings. The molecule has 0 spiro atoms.